The van der Waals surface area contributed by atoms with Crippen molar-refractivity contribution in [3.8, 4) is 10.4 Å². The van der Waals surface area contributed by atoms with Gasteiger partial charge in [0.15, 0.2) is 0 Å². The number of sulfonamides is 1. The molecule has 0 bridgehead atoms. The molecular weight excluding hydrogens is 447 g/mol. The van der Waals surface area contributed by atoms with Crippen LogP contribution in [0.1, 0.15) is 34.5 Å². The molecule has 1 fully saturated rings. The first-order valence-corrected chi connectivity index (χ1v) is 13.0. The molecule has 3 heterocycles. The number of aryl methyl sites for hydroxylation is 1. The molecule has 1 aromatic heterocycles. The third-order valence-electron chi connectivity index (χ3n) is 6.07. The summed E-state index contributed by atoms with van der Waals surface area (Å²) in [4.78, 5) is 16.5. The predicted molar refractivity (Wildman–Crippen MR) is 124 cm³/mol. The Balaban J connectivity index is 1.43. The maximum absolute atomic E-state index is 14.1. The first kappa shape index (κ1) is 21.3. The Morgan fingerprint density at radius 1 is 0.938 bits per heavy atom. The van der Waals surface area contributed by atoms with Crippen LogP contribution < -0.4 is 4.90 Å². The average Bonchev–Trinajstić information content (AvgIpc) is 3.51. The van der Waals surface area contributed by atoms with Crippen LogP contribution in [0.2, 0.25) is 0 Å². The highest BCUT2D eigenvalue weighted by molar-refractivity contribution is 7.89. The van der Waals surface area contributed by atoms with E-state index >= 15 is 0 Å². The van der Waals surface area contributed by atoms with Gasteiger partial charge in [-0.1, -0.05) is 18.2 Å². The van der Waals surface area contributed by atoms with E-state index in [1.807, 2.05) is 0 Å². The fourth-order valence-electron chi connectivity index (χ4n) is 4.41. The second-order valence-corrected chi connectivity index (χ2v) is 11.1. The van der Waals surface area contributed by atoms with Crippen LogP contribution in [0.25, 0.3) is 10.4 Å². The van der Waals surface area contributed by atoms with Crippen LogP contribution in [-0.2, 0) is 16.4 Å². The Morgan fingerprint density at radius 2 is 1.72 bits per heavy atom. The van der Waals surface area contributed by atoms with Gasteiger partial charge >= 0.3 is 0 Å². The number of halogens is 1. The minimum Gasteiger partial charge on any atom is -0.307 e. The molecule has 3 aromatic rings. The lowest BCUT2D eigenvalue weighted by Gasteiger charge is -2.30. The maximum Gasteiger partial charge on any atom is 0.268 e. The molecule has 2 aliphatic heterocycles. The summed E-state index contributed by atoms with van der Waals surface area (Å²) in [6.45, 7) is 1.69. The van der Waals surface area contributed by atoms with Crippen molar-refractivity contribution in [1.82, 2.24) is 4.31 Å². The molecule has 0 N–H and O–H groups in total. The third-order valence-corrected chi connectivity index (χ3v) is 9.07. The predicted octanol–water partition coefficient (Wildman–Crippen LogP) is 4.93. The molecule has 2 aliphatic rings. The van der Waals surface area contributed by atoms with E-state index in [0.717, 1.165) is 36.9 Å². The number of nitrogens with zero attached hydrogens (tertiary/aromatic N) is 2. The zero-order chi connectivity index (χ0) is 22.3. The summed E-state index contributed by atoms with van der Waals surface area (Å²) >= 11 is 1.27. The summed E-state index contributed by atoms with van der Waals surface area (Å²) in [6.07, 6.45) is 3.27. The summed E-state index contributed by atoms with van der Waals surface area (Å²) in [5, 5.41) is 0. The summed E-state index contributed by atoms with van der Waals surface area (Å²) in [7, 11) is -3.50. The van der Waals surface area contributed by atoms with Crippen LogP contribution in [0.5, 0.6) is 0 Å². The van der Waals surface area contributed by atoms with E-state index in [1.54, 1.807) is 53.4 Å². The zero-order valence-electron chi connectivity index (χ0n) is 17.5. The number of carbonyl (C=O) groups excluding carboxylic acids is 1. The number of carbonyl (C=O) groups is 1. The van der Waals surface area contributed by atoms with Gasteiger partial charge in [0.25, 0.3) is 5.91 Å². The van der Waals surface area contributed by atoms with Crippen LogP contribution in [0.3, 0.4) is 0 Å². The van der Waals surface area contributed by atoms with Crippen molar-refractivity contribution in [2.75, 3.05) is 24.5 Å². The number of thiophene rings is 1. The Bertz CT molecular complexity index is 1280. The summed E-state index contributed by atoms with van der Waals surface area (Å²) in [5.74, 6) is -0.461. The van der Waals surface area contributed by atoms with E-state index in [1.165, 1.54) is 21.7 Å². The second-order valence-electron chi connectivity index (χ2n) is 8.11. The minimum absolute atomic E-state index is 0.145. The quantitative estimate of drug-likeness (QED) is 0.543. The smallest absolute Gasteiger partial charge is 0.268 e. The van der Waals surface area contributed by atoms with Gasteiger partial charge in [0, 0.05) is 35.8 Å². The number of anilines is 1. The molecule has 1 saturated heterocycles. The molecule has 166 valence electrons. The van der Waals surface area contributed by atoms with E-state index in [-0.39, 0.29) is 11.7 Å². The molecule has 1 amide bonds. The van der Waals surface area contributed by atoms with Gasteiger partial charge in [-0.2, -0.15) is 4.31 Å². The van der Waals surface area contributed by atoms with E-state index in [0.29, 0.717) is 39.8 Å². The standard InChI is InChI=1S/C24H23FN2O3S2/c25-20-8-2-1-7-19(20)22-11-12-23(31-22)24(28)27-15-5-6-17-16-18(9-10-21(17)27)32(29,30)26-13-3-4-14-26/h1-2,7-12,16H,3-6,13-15H2. The topological polar surface area (TPSA) is 57.7 Å². The van der Waals surface area contributed by atoms with Crippen molar-refractivity contribution in [2.24, 2.45) is 0 Å². The van der Waals surface area contributed by atoms with Crippen molar-refractivity contribution in [3.05, 3.63) is 70.9 Å². The van der Waals surface area contributed by atoms with Crippen molar-refractivity contribution in [3.63, 3.8) is 0 Å². The maximum atomic E-state index is 14.1. The van der Waals surface area contributed by atoms with E-state index < -0.39 is 10.0 Å². The molecule has 0 aliphatic carbocycles. The summed E-state index contributed by atoms with van der Waals surface area (Å²) < 4.78 is 41.6. The highest BCUT2D eigenvalue weighted by Crippen LogP contribution is 2.35. The first-order valence-electron chi connectivity index (χ1n) is 10.7. The fourth-order valence-corrected chi connectivity index (χ4v) is 6.96. The Morgan fingerprint density at radius 3 is 2.50 bits per heavy atom. The largest absolute Gasteiger partial charge is 0.307 e. The van der Waals surface area contributed by atoms with Crippen LogP contribution >= 0.6 is 11.3 Å². The van der Waals surface area contributed by atoms with Gasteiger partial charge in [0.05, 0.1) is 9.77 Å². The van der Waals surface area contributed by atoms with Crippen LogP contribution in [0.15, 0.2) is 59.5 Å². The van der Waals surface area contributed by atoms with Gasteiger partial charge in [-0.05, 0) is 67.6 Å². The summed E-state index contributed by atoms with van der Waals surface area (Å²) in [6, 6.07) is 15.1. The van der Waals surface area contributed by atoms with Crippen molar-refractivity contribution >= 4 is 33.0 Å². The Hall–Kier alpha value is -2.55. The van der Waals surface area contributed by atoms with Gasteiger partial charge in [0.2, 0.25) is 10.0 Å². The van der Waals surface area contributed by atoms with Crippen LogP contribution in [-0.4, -0.2) is 38.3 Å². The molecule has 0 atom stereocenters. The molecule has 2 aromatic carbocycles. The zero-order valence-corrected chi connectivity index (χ0v) is 19.1. The molecule has 5 rings (SSSR count). The molecule has 0 spiro atoms. The lowest BCUT2D eigenvalue weighted by atomic mass is 10.0. The first-order chi connectivity index (χ1) is 15.4. The van der Waals surface area contributed by atoms with E-state index in [9.17, 15) is 17.6 Å². The number of amides is 1. The molecule has 0 radical (unpaired) electrons. The van der Waals surface area contributed by atoms with Crippen molar-refractivity contribution in [1.29, 1.82) is 0 Å². The van der Waals surface area contributed by atoms with E-state index in [2.05, 4.69) is 0 Å². The van der Waals surface area contributed by atoms with E-state index in [4.69, 9.17) is 0 Å². The van der Waals surface area contributed by atoms with Gasteiger partial charge in [-0.15, -0.1) is 11.3 Å². The Labute approximate surface area is 191 Å². The number of rotatable bonds is 4. The average molecular weight is 471 g/mol. The summed E-state index contributed by atoms with van der Waals surface area (Å²) in [5.41, 5.74) is 2.10. The number of hydrogen-bond donors (Lipinski definition) is 0. The normalized spacial score (nSPS) is 16.8. The lowest BCUT2D eigenvalue weighted by molar-refractivity contribution is 0.0989. The molecule has 32 heavy (non-hydrogen) atoms. The molecular formula is C24H23FN2O3S2. The SMILES string of the molecule is O=C(c1ccc(-c2ccccc2F)s1)N1CCCc2cc(S(=O)(=O)N3CCCC3)ccc21. The van der Waals surface area contributed by atoms with Crippen molar-refractivity contribution in [2.45, 2.75) is 30.6 Å². The fraction of sp³-hybridized carbons (Fsp3) is 0.292. The Kier molecular flexibility index (Phi) is 5.61. The number of hydrogen-bond acceptors (Lipinski definition) is 4. The molecule has 8 heteroatoms. The lowest BCUT2D eigenvalue weighted by Crippen LogP contribution is -2.35. The molecule has 0 saturated carbocycles. The molecule has 0 unspecified atom stereocenters. The van der Waals surface area contributed by atoms with Gasteiger partial charge in [-0.25, -0.2) is 12.8 Å². The number of benzene rings is 2. The third kappa shape index (κ3) is 3.76. The van der Waals surface area contributed by atoms with Gasteiger partial charge in [-0.3, -0.25) is 4.79 Å². The van der Waals surface area contributed by atoms with Crippen LogP contribution in [0, 0.1) is 5.82 Å². The minimum atomic E-state index is -3.50. The second kappa shape index (κ2) is 8.42. The monoisotopic (exact) mass is 470 g/mol. The molecule has 5 nitrogen and oxygen atoms in total. The van der Waals surface area contributed by atoms with Crippen molar-refractivity contribution < 1.29 is 17.6 Å². The highest BCUT2D eigenvalue weighted by atomic mass is 32.2. The van der Waals surface area contributed by atoms with Crippen LogP contribution in [0.4, 0.5) is 10.1 Å². The van der Waals surface area contributed by atoms with Gasteiger partial charge in [0.1, 0.15) is 5.82 Å². The number of fused-ring (bicyclic) bond motifs is 1. The highest BCUT2D eigenvalue weighted by Gasteiger charge is 2.30. The van der Waals surface area contributed by atoms with Gasteiger partial charge < -0.3 is 4.90 Å².